The van der Waals surface area contributed by atoms with E-state index in [1.54, 1.807) is 4.90 Å². The summed E-state index contributed by atoms with van der Waals surface area (Å²) in [4.78, 5) is 32.8. The number of carbonyl (C=O) groups is 2. The Balaban J connectivity index is 1.42. The van der Waals surface area contributed by atoms with Crippen LogP contribution in [0.15, 0.2) is 41.4 Å². The van der Waals surface area contributed by atoms with Crippen LogP contribution in [0.1, 0.15) is 102 Å². The standard InChI is InChI=1S/C27H30N4O2/c1-4-27(3)13-23(32)31(26(28)30-27)22-9-14(2)17-11-18-20-10-15-7-5-6-8-16(15)24(20)29-25(33)21(18)12-19(17)22/h5-8,11-12,14,20,22,24H,4,9-10,13H2,1-3H3,(H2,28,30)(H,29,33)/t14-,20+,22-,24-,27-/m1/s1. The van der Waals surface area contributed by atoms with Crippen LogP contribution in [0, 0.1) is 0 Å². The van der Waals surface area contributed by atoms with Crippen LogP contribution >= 0.6 is 0 Å². The minimum absolute atomic E-state index is 0.0189. The van der Waals surface area contributed by atoms with Crippen LogP contribution in [-0.2, 0) is 11.2 Å². The Morgan fingerprint density at radius 2 is 1.94 bits per heavy atom. The summed E-state index contributed by atoms with van der Waals surface area (Å²) in [6.07, 6.45) is 2.85. The summed E-state index contributed by atoms with van der Waals surface area (Å²) in [5.74, 6) is 0.816. The first-order valence-electron chi connectivity index (χ1n) is 12.0. The number of guanidine groups is 1. The molecule has 2 aliphatic heterocycles. The second kappa shape index (κ2) is 6.92. The maximum atomic E-state index is 13.2. The molecule has 6 heteroatoms. The van der Waals surface area contributed by atoms with E-state index < -0.39 is 5.54 Å². The largest absolute Gasteiger partial charge is 0.369 e. The Labute approximate surface area is 194 Å². The molecule has 2 aromatic rings. The number of amides is 2. The van der Waals surface area contributed by atoms with Crippen LogP contribution in [0.2, 0.25) is 0 Å². The van der Waals surface area contributed by atoms with Crippen molar-refractivity contribution in [3.63, 3.8) is 0 Å². The lowest BCUT2D eigenvalue weighted by Crippen LogP contribution is -2.51. The maximum absolute atomic E-state index is 13.2. The van der Waals surface area contributed by atoms with E-state index in [4.69, 9.17) is 10.7 Å². The number of rotatable bonds is 2. The summed E-state index contributed by atoms with van der Waals surface area (Å²) < 4.78 is 0. The number of hydrogen-bond acceptors (Lipinski definition) is 4. The molecule has 2 aliphatic carbocycles. The quantitative estimate of drug-likeness (QED) is 0.735. The predicted molar refractivity (Wildman–Crippen MR) is 127 cm³/mol. The molecular formula is C27H30N4O2. The highest BCUT2D eigenvalue weighted by Gasteiger charge is 2.45. The van der Waals surface area contributed by atoms with Gasteiger partial charge in [0.05, 0.1) is 24.0 Å². The molecule has 0 aromatic heterocycles. The first-order valence-corrected chi connectivity index (χ1v) is 12.0. The van der Waals surface area contributed by atoms with Gasteiger partial charge >= 0.3 is 0 Å². The maximum Gasteiger partial charge on any atom is 0.252 e. The molecule has 2 aromatic carbocycles. The predicted octanol–water partition coefficient (Wildman–Crippen LogP) is 4.08. The fourth-order valence-corrected chi connectivity index (χ4v) is 6.43. The number of nitrogens with one attached hydrogen (secondary N) is 1. The highest BCUT2D eigenvalue weighted by Crippen LogP contribution is 2.51. The van der Waals surface area contributed by atoms with Gasteiger partial charge < -0.3 is 11.1 Å². The molecule has 0 spiro atoms. The van der Waals surface area contributed by atoms with Crippen molar-refractivity contribution in [3.05, 3.63) is 69.8 Å². The van der Waals surface area contributed by atoms with Gasteiger partial charge in [0.25, 0.3) is 5.91 Å². The molecular weight excluding hydrogens is 412 g/mol. The van der Waals surface area contributed by atoms with Gasteiger partial charge in [0.1, 0.15) is 0 Å². The van der Waals surface area contributed by atoms with Crippen LogP contribution < -0.4 is 11.1 Å². The Morgan fingerprint density at radius 1 is 1.15 bits per heavy atom. The van der Waals surface area contributed by atoms with Crippen LogP contribution in [0.5, 0.6) is 0 Å². The third kappa shape index (κ3) is 2.89. The molecule has 4 aliphatic rings. The lowest BCUT2D eigenvalue weighted by Gasteiger charge is -2.38. The van der Waals surface area contributed by atoms with E-state index in [1.165, 1.54) is 16.7 Å². The van der Waals surface area contributed by atoms with Gasteiger partial charge in [0, 0.05) is 11.5 Å². The molecule has 0 bridgehead atoms. The smallest absolute Gasteiger partial charge is 0.252 e. The Kier molecular flexibility index (Phi) is 4.29. The molecule has 6 rings (SSSR count). The van der Waals surface area contributed by atoms with Crippen molar-refractivity contribution >= 4 is 17.8 Å². The van der Waals surface area contributed by atoms with E-state index in [2.05, 4.69) is 36.5 Å². The van der Waals surface area contributed by atoms with Crippen molar-refractivity contribution in [2.45, 2.75) is 75.9 Å². The van der Waals surface area contributed by atoms with Crippen molar-refractivity contribution in [3.8, 4) is 0 Å². The van der Waals surface area contributed by atoms with Gasteiger partial charge in [-0.2, -0.15) is 0 Å². The first-order chi connectivity index (χ1) is 15.8. The van der Waals surface area contributed by atoms with Gasteiger partial charge in [-0.25, -0.2) is 4.99 Å². The van der Waals surface area contributed by atoms with E-state index in [1.807, 2.05) is 26.0 Å². The lowest BCUT2D eigenvalue weighted by molar-refractivity contribution is -0.131. The molecule has 2 amide bonds. The Bertz CT molecular complexity index is 1230. The fourth-order valence-electron chi connectivity index (χ4n) is 6.43. The number of nitrogens with zero attached hydrogens (tertiary/aromatic N) is 2. The van der Waals surface area contributed by atoms with Crippen molar-refractivity contribution in [2.75, 3.05) is 0 Å². The molecule has 0 fully saturated rings. The second-order valence-electron chi connectivity index (χ2n) is 10.4. The van der Waals surface area contributed by atoms with Crippen LogP contribution in [-0.4, -0.2) is 28.2 Å². The van der Waals surface area contributed by atoms with Crippen molar-refractivity contribution in [1.29, 1.82) is 0 Å². The molecule has 0 radical (unpaired) electrons. The Morgan fingerprint density at radius 3 is 2.70 bits per heavy atom. The molecule has 2 heterocycles. The third-order valence-electron chi connectivity index (χ3n) is 8.39. The highest BCUT2D eigenvalue weighted by molar-refractivity contribution is 6.00. The average molecular weight is 443 g/mol. The van der Waals surface area contributed by atoms with Crippen molar-refractivity contribution in [2.24, 2.45) is 10.7 Å². The highest BCUT2D eigenvalue weighted by atomic mass is 16.2. The minimum Gasteiger partial charge on any atom is -0.369 e. The zero-order chi connectivity index (χ0) is 23.1. The SMILES string of the molecule is CC[C@]1(C)CC(=O)N([C@@H]2C[C@@H](C)c3cc4c(cc32)C(=O)N[C@@H]2c3ccccc3C[C@@H]42)C(N)=N1. The topological polar surface area (TPSA) is 87.8 Å². The molecule has 33 heavy (non-hydrogen) atoms. The van der Waals surface area contributed by atoms with E-state index >= 15 is 0 Å². The third-order valence-corrected chi connectivity index (χ3v) is 8.39. The normalized spacial score (nSPS) is 32.0. The molecule has 0 saturated heterocycles. The summed E-state index contributed by atoms with van der Waals surface area (Å²) in [6, 6.07) is 12.5. The number of carbonyl (C=O) groups excluding carboxylic acids is 2. The van der Waals surface area contributed by atoms with Crippen LogP contribution in [0.25, 0.3) is 0 Å². The summed E-state index contributed by atoms with van der Waals surface area (Å²) >= 11 is 0. The van der Waals surface area contributed by atoms with Gasteiger partial charge in [-0.15, -0.1) is 0 Å². The number of nitrogens with two attached hydrogens (primary N) is 1. The minimum atomic E-state index is -0.438. The summed E-state index contributed by atoms with van der Waals surface area (Å²) in [7, 11) is 0. The molecule has 5 atom stereocenters. The number of hydrogen-bond donors (Lipinski definition) is 2. The van der Waals surface area contributed by atoms with E-state index in [0.29, 0.717) is 12.4 Å². The lowest BCUT2D eigenvalue weighted by atomic mass is 9.82. The Hall–Kier alpha value is -3.15. The van der Waals surface area contributed by atoms with Gasteiger partial charge in [0.15, 0.2) is 5.96 Å². The molecule has 170 valence electrons. The average Bonchev–Trinajstić information content (AvgIpc) is 3.30. The monoisotopic (exact) mass is 442 g/mol. The number of fused-ring (bicyclic) bond motifs is 6. The van der Waals surface area contributed by atoms with Gasteiger partial charge in [0.2, 0.25) is 5.91 Å². The summed E-state index contributed by atoms with van der Waals surface area (Å²) in [5.41, 5.74) is 12.6. The van der Waals surface area contributed by atoms with Crippen molar-refractivity contribution < 1.29 is 9.59 Å². The molecule has 0 unspecified atom stereocenters. The second-order valence-corrected chi connectivity index (χ2v) is 10.4. The van der Waals surface area contributed by atoms with Crippen molar-refractivity contribution in [1.82, 2.24) is 10.2 Å². The zero-order valence-electron chi connectivity index (χ0n) is 19.4. The zero-order valence-corrected chi connectivity index (χ0v) is 19.4. The summed E-state index contributed by atoms with van der Waals surface area (Å²) in [5, 5.41) is 3.26. The van der Waals surface area contributed by atoms with Gasteiger partial charge in [-0.05, 0) is 66.0 Å². The summed E-state index contributed by atoms with van der Waals surface area (Å²) in [6.45, 7) is 6.22. The molecule has 3 N–H and O–H groups in total. The fraction of sp³-hybridized carbons (Fsp3) is 0.444. The van der Waals surface area contributed by atoms with Gasteiger partial charge in [-0.1, -0.05) is 44.2 Å². The van der Waals surface area contributed by atoms with E-state index in [-0.39, 0.29) is 35.7 Å². The van der Waals surface area contributed by atoms with Crippen LogP contribution in [0.4, 0.5) is 0 Å². The van der Waals surface area contributed by atoms with E-state index in [9.17, 15) is 9.59 Å². The van der Waals surface area contributed by atoms with E-state index in [0.717, 1.165) is 36.0 Å². The number of aliphatic imine (C=N–C) groups is 1. The van der Waals surface area contributed by atoms with Crippen LogP contribution in [0.3, 0.4) is 0 Å². The van der Waals surface area contributed by atoms with Gasteiger partial charge in [-0.3, -0.25) is 14.5 Å². The molecule has 0 saturated carbocycles. The molecule has 6 nitrogen and oxygen atoms in total. The first kappa shape index (κ1) is 20.5. The number of benzene rings is 2.